The third-order valence-corrected chi connectivity index (χ3v) is 2.68. The summed E-state index contributed by atoms with van der Waals surface area (Å²) in [4.78, 5) is 11.3. The molecule has 2 amide bonds. The summed E-state index contributed by atoms with van der Waals surface area (Å²) < 4.78 is 17.9. The van der Waals surface area contributed by atoms with Crippen molar-refractivity contribution in [1.82, 2.24) is 4.72 Å². The van der Waals surface area contributed by atoms with Gasteiger partial charge < -0.3 is 19.9 Å². The standard InChI is InChI=1S/C10H14N2O4S/c1-14-7-4-6(17-12-10(11)13)5-8(15-2)9(7)16-3/h4-5H,1-3H3,(H3,11,12,13). The molecule has 0 aliphatic carbocycles. The van der Waals surface area contributed by atoms with Gasteiger partial charge in [0, 0.05) is 4.90 Å². The van der Waals surface area contributed by atoms with Crippen LogP contribution in [-0.4, -0.2) is 27.4 Å². The number of hydrogen-bond donors (Lipinski definition) is 2. The SMILES string of the molecule is COc1cc(SNC(N)=O)cc(OC)c1OC. The number of primary amides is 1. The maximum absolute atomic E-state index is 10.6. The van der Waals surface area contributed by atoms with Gasteiger partial charge in [0.2, 0.25) is 5.75 Å². The van der Waals surface area contributed by atoms with Gasteiger partial charge >= 0.3 is 6.03 Å². The lowest BCUT2D eigenvalue weighted by Crippen LogP contribution is -2.22. The summed E-state index contributed by atoms with van der Waals surface area (Å²) >= 11 is 1.07. The van der Waals surface area contributed by atoms with E-state index in [9.17, 15) is 4.79 Å². The molecule has 1 rings (SSSR count). The molecule has 1 aromatic carbocycles. The van der Waals surface area contributed by atoms with Crippen molar-refractivity contribution in [2.45, 2.75) is 4.90 Å². The lowest BCUT2D eigenvalue weighted by Gasteiger charge is -2.13. The molecule has 0 radical (unpaired) electrons. The van der Waals surface area contributed by atoms with E-state index in [1.165, 1.54) is 21.3 Å². The Bertz CT molecular complexity index is 386. The first kappa shape index (κ1) is 13.3. The highest BCUT2D eigenvalue weighted by Gasteiger charge is 2.13. The summed E-state index contributed by atoms with van der Waals surface area (Å²) in [5.41, 5.74) is 4.98. The van der Waals surface area contributed by atoms with Gasteiger partial charge in [0.05, 0.1) is 21.3 Å². The quantitative estimate of drug-likeness (QED) is 0.780. The van der Waals surface area contributed by atoms with Crippen LogP contribution in [0.25, 0.3) is 0 Å². The molecule has 0 saturated heterocycles. The molecule has 0 bridgehead atoms. The van der Waals surface area contributed by atoms with E-state index < -0.39 is 6.03 Å². The molecule has 1 aromatic rings. The Labute approximate surface area is 104 Å². The molecular weight excluding hydrogens is 244 g/mol. The molecule has 7 heteroatoms. The number of nitrogens with one attached hydrogen (secondary N) is 1. The molecule has 6 nitrogen and oxygen atoms in total. The smallest absolute Gasteiger partial charge is 0.322 e. The number of rotatable bonds is 5. The van der Waals surface area contributed by atoms with E-state index in [0.29, 0.717) is 17.2 Å². The van der Waals surface area contributed by atoms with Gasteiger partial charge in [0.15, 0.2) is 11.5 Å². The summed E-state index contributed by atoms with van der Waals surface area (Å²) in [6.07, 6.45) is 0. The zero-order valence-electron chi connectivity index (χ0n) is 9.77. The van der Waals surface area contributed by atoms with Gasteiger partial charge in [-0.15, -0.1) is 0 Å². The molecule has 94 valence electrons. The highest BCUT2D eigenvalue weighted by atomic mass is 32.2. The van der Waals surface area contributed by atoms with Gasteiger partial charge in [0.25, 0.3) is 0 Å². The second-order valence-corrected chi connectivity index (χ2v) is 3.81. The first-order valence-electron chi connectivity index (χ1n) is 4.64. The molecule has 0 atom stereocenters. The Kier molecular flexibility index (Phi) is 4.77. The van der Waals surface area contributed by atoms with Crippen molar-refractivity contribution in [3.05, 3.63) is 12.1 Å². The second kappa shape index (κ2) is 6.09. The first-order valence-corrected chi connectivity index (χ1v) is 5.46. The second-order valence-electron chi connectivity index (χ2n) is 2.93. The van der Waals surface area contributed by atoms with E-state index in [2.05, 4.69) is 4.72 Å². The van der Waals surface area contributed by atoms with E-state index in [0.717, 1.165) is 16.8 Å². The van der Waals surface area contributed by atoms with E-state index in [4.69, 9.17) is 19.9 Å². The fraction of sp³-hybridized carbons (Fsp3) is 0.300. The van der Waals surface area contributed by atoms with Crippen LogP contribution in [0.5, 0.6) is 17.2 Å². The van der Waals surface area contributed by atoms with Crippen molar-refractivity contribution in [3.63, 3.8) is 0 Å². The third kappa shape index (κ3) is 3.35. The van der Waals surface area contributed by atoms with E-state index in [1.54, 1.807) is 12.1 Å². The molecule has 17 heavy (non-hydrogen) atoms. The number of benzene rings is 1. The number of methoxy groups -OCH3 is 3. The molecule has 0 spiro atoms. The lowest BCUT2D eigenvalue weighted by molar-refractivity contribution is 0.254. The Morgan fingerprint density at radius 1 is 1.18 bits per heavy atom. The molecule has 0 aromatic heterocycles. The fourth-order valence-electron chi connectivity index (χ4n) is 1.23. The summed E-state index contributed by atoms with van der Waals surface area (Å²) in [6, 6.07) is 2.80. The average molecular weight is 258 g/mol. The van der Waals surface area contributed by atoms with Gasteiger partial charge in [-0.3, -0.25) is 4.72 Å². The first-order chi connectivity index (χ1) is 8.12. The van der Waals surface area contributed by atoms with Crippen LogP contribution in [0.3, 0.4) is 0 Å². The van der Waals surface area contributed by atoms with Crippen molar-refractivity contribution in [1.29, 1.82) is 0 Å². The largest absolute Gasteiger partial charge is 0.493 e. The van der Waals surface area contributed by atoms with Crippen LogP contribution in [0.1, 0.15) is 0 Å². The molecule has 0 aliphatic rings. The number of nitrogens with two attached hydrogens (primary N) is 1. The fourth-order valence-corrected chi connectivity index (χ4v) is 1.78. The topological polar surface area (TPSA) is 82.8 Å². The minimum Gasteiger partial charge on any atom is -0.493 e. The van der Waals surface area contributed by atoms with E-state index in [1.807, 2.05) is 0 Å². The number of amides is 2. The van der Waals surface area contributed by atoms with E-state index >= 15 is 0 Å². The number of carbonyl (C=O) groups is 1. The monoisotopic (exact) mass is 258 g/mol. The Hall–Kier alpha value is -1.76. The van der Waals surface area contributed by atoms with Crippen LogP contribution < -0.4 is 24.7 Å². The molecule has 0 fully saturated rings. The van der Waals surface area contributed by atoms with Crippen molar-refractivity contribution < 1.29 is 19.0 Å². The van der Waals surface area contributed by atoms with Gasteiger partial charge in [-0.25, -0.2) is 4.79 Å². The van der Waals surface area contributed by atoms with Crippen LogP contribution in [-0.2, 0) is 0 Å². The maximum atomic E-state index is 10.6. The lowest BCUT2D eigenvalue weighted by atomic mass is 10.3. The predicted molar refractivity (Wildman–Crippen MR) is 64.7 cm³/mol. The third-order valence-electron chi connectivity index (χ3n) is 1.91. The predicted octanol–water partition coefficient (Wildman–Crippen LogP) is 1.39. The van der Waals surface area contributed by atoms with Gasteiger partial charge in [0.1, 0.15) is 0 Å². The number of ether oxygens (including phenoxy) is 3. The van der Waals surface area contributed by atoms with Crippen molar-refractivity contribution in [2.75, 3.05) is 21.3 Å². The van der Waals surface area contributed by atoms with Gasteiger partial charge in [-0.2, -0.15) is 0 Å². The molecule has 3 N–H and O–H groups in total. The number of hydrogen-bond acceptors (Lipinski definition) is 5. The summed E-state index contributed by atoms with van der Waals surface area (Å²) in [5, 5.41) is 0. The minimum atomic E-state index is -0.622. The zero-order valence-corrected chi connectivity index (χ0v) is 10.6. The maximum Gasteiger partial charge on any atom is 0.322 e. The van der Waals surface area contributed by atoms with Gasteiger partial charge in [-0.1, -0.05) is 0 Å². The van der Waals surface area contributed by atoms with Crippen LogP contribution in [0.15, 0.2) is 17.0 Å². The summed E-state index contributed by atoms with van der Waals surface area (Å²) in [7, 11) is 4.56. The van der Waals surface area contributed by atoms with Crippen molar-refractivity contribution in [2.24, 2.45) is 5.73 Å². The van der Waals surface area contributed by atoms with Crippen molar-refractivity contribution >= 4 is 18.0 Å². The summed E-state index contributed by atoms with van der Waals surface area (Å²) in [5.74, 6) is 1.53. The number of urea groups is 1. The minimum absolute atomic E-state index is 0.499. The van der Waals surface area contributed by atoms with Crippen molar-refractivity contribution in [3.8, 4) is 17.2 Å². The molecule has 0 heterocycles. The van der Waals surface area contributed by atoms with Crippen LogP contribution in [0.2, 0.25) is 0 Å². The molecule has 0 unspecified atom stereocenters. The highest BCUT2D eigenvalue weighted by Crippen LogP contribution is 2.40. The normalized spacial score (nSPS) is 9.59. The van der Waals surface area contributed by atoms with Gasteiger partial charge in [-0.05, 0) is 24.1 Å². The zero-order chi connectivity index (χ0) is 12.8. The molecule has 0 saturated carbocycles. The van der Waals surface area contributed by atoms with Crippen LogP contribution in [0.4, 0.5) is 4.79 Å². The molecule has 0 aliphatic heterocycles. The molecular formula is C10H14N2O4S. The Morgan fingerprint density at radius 3 is 2.06 bits per heavy atom. The highest BCUT2D eigenvalue weighted by molar-refractivity contribution is 7.98. The summed E-state index contributed by atoms with van der Waals surface area (Å²) in [6.45, 7) is 0. The Morgan fingerprint density at radius 2 is 1.71 bits per heavy atom. The van der Waals surface area contributed by atoms with Crippen LogP contribution in [0, 0.1) is 0 Å². The Balaban J connectivity index is 3.04. The van der Waals surface area contributed by atoms with Crippen LogP contribution >= 0.6 is 11.9 Å². The van der Waals surface area contributed by atoms with E-state index in [-0.39, 0.29) is 0 Å². The average Bonchev–Trinajstić information content (AvgIpc) is 2.34. The number of carbonyl (C=O) groups excluding carboxylic acids is 1.